The molecule has 0 unspecified atom stereocenters. The van der Waals surface area contributed by atoms with E-state index in [4.69, 9.17) is 11.6 Å². The number of aliphatic hydroxyl groups is 1. The lowest BCUT2D eigenvalue weighted by molar-refractivity contribution is 0.220. The number of hydrogen-bond acceptors (Lipinski definition) is 1. The van der Waals surface area contributed by atoms with Crippen LogP contribution in [0.5, 0.6) is 0 Å². The van der Waals surface area contributed by atoms with E-state index in [1.807, 2.05) is 24.3 Å². The zero-order valence-corrected chi connectivity index (χ0v) is 12.3. The molecule has 1 nitrogen and oxygen atoms in total. The Morgan fingerprint density at radius 2 is 1.58 bits per heavy atom. The molecule has 0 aliphatic carbocycles. The fourth-order valence-corrected chi connectivity index (χ4v) is 2.23. The van der Waals surface area contributed by atoms with Gasteiger partial charge in [-0.15, -0.1) is 0 Å². The molecule has 2 aromatic carbocycles. The highest BCUT2D eigenvalue weighted by atomic mass is 35.5. The Hall–Kier alpha value is -1.31. The van der Waals surface area contributed by atoms with Crippen LogP contribution in [0.4, 0.5) is 0 Å². The number of halogens is 1. The standard InChI is InChI=1S/C17H19ClO/c1-17(2,3)14-9-7-12(8-10-14)16(19)13-5-4-6-15(18)11-13/h4-11,16,19H,1-3H3/t16-/m1/s1. The largest absolute Gasteiger partial charge is 0.384 e. The summed E-state index contributed by atoms with van der Waals surface area (Å²) >= 11 is 5.95. The van der Waals surface area contributed by atoms with Crippen molar-refractivity contribution in [2.24, 2.45) is 0 Å². The Bertz CT molecular complexity index is 552. The van der Waals surface area contributed by atoms with E-state index in [-0.39, 0.29) is 5.41 Å². The van der Waals surface area contributed by atoms with Crippen molar-refractivity contribution >= 4 is 11.6 Å². The quantitative estimate of drug-likeness (QED) is 0.840. The van der Waals surface area contributed by atoms with Gasteiger partial charge in [0.25, 0.3) is 0 Å². The van der Waals surface area contributed by atoms with Crippen molar-refractivity contribution in [1.82, 2.24) is 0 Å². The van der Waals surface area contributed by atoms with E-state index in [0.717, 1.165) is 11.1 Å². The van der Waals surface area contributed by atoms with Gasteiger partial charge in [-0.3, -0.25) is 0 Å². The first-order valence-corrected chi connectivity index (χ1v) is 6.80. The van der Waals surface area contributed by atoms with Gasteiger partial charge < -0.3 is 5.11 Å². The summed E-state index contributed by atoms with van der Waals surface area (Å²) in [6, 6.07) is 15.4. The molecule has 0 saturated carbocycles. The molecule has 0 heterocycles. The molecule has 0 aliphatic rings. The fourth-order valence-electron chi connectivity index (χ4n) is 2.03. The lowest BCUT2D eigenvalue weighted by Gasteiger charge is -2.20. The zero-order valence-electron chi connectivity index (χ0n) is 11.5. The molecule has 2 aromatic rings. The maximum atomic E-state index is 10.4. The lowest BCUT2D eigenvalue weighted by atomic mass is 9.86. The SMILES string of the molecule is CC(C)(C)c1ccc([C@@H](O)c2cccc(Cl)c2)cc1. The molecule has 0 saturated heterocycles. The van der Waals surface area contributed by atoms with Gasteiger partial charge in [0.15, 0.2) is 0 Å². The van der Waals surface area contributed by atoms with Crippen LogP contribution in [0, 0.1) is 0 Å². The minimum Gasteiger partial charge on any atom is -0.384 e. The average Bonchev–Trinajstić information content (AvgIpc) is 2.37. The maximum absolute atomic E-state index is 10.4. The summed E-state index contributed by atoms with van der Waals surface area (Å²) in [6.07, 6.45) is -0.632. The minimum absolute atomic E-state index is 0.125. The Balaban J connectivity index is 2.27. The van der Waals surface area contributed by atoms with E-state index in [0.29, 0.717) is 5.02 Å². The first kappa shape index (κ1) is 14.1. The molecular formula is C17H19ClO. The van der Waals surface area contributed by atoms with Crippen LogP contribution in [-0.2, 0) is 5.41 Å². The molecule has 0 amide bonds. The van der Waals surface area contributed by atoms with Crippen molar-refractivity contribution in [3.8, 4) is 0 Å². The third-order valence-corrected chi connectivity index (χ3v) is 3.49. The van der Waals surface area contributed by atoms with E-state index in [1.54, 1.807) is 12.1 Å². The molecule has 2 rings (SSSR count). The predicted octanol–water partition coefficient (Wildman–Crippen LogP) is 4.72. The van der Waals surface area contributed by atoms with Crippen molar-refractivity contribution in [2.45, 2.75) is 32.3 Å². The molecular weight excluding hydrogens is 256 g/mol. The van der Waals surface area contributed by atoms with E-state index in [1.165, 1.54) is 5.56 Å². The molecule has 2 heteroatoms. The van der Waals surface area contributed by atoms with Gasteiger partial charge in [-0.05, 0) is 34.2 Å². The van der Waals surface area contributed by atoms with Gasteiger partial charge in [0.2, 0.25) is 0 Å². The third kappa shape index (κ3) is 3.37. The Kier molecular flexibility index (Phi) is 3.98. The number of rotatable bonds is 2. The molecule has 1 atom stereocenters. The van der Waals surface area contributed by atoms with Gasteiger partial charge in [-0.2, -0.15) is 0 Å². The summed E-state index contributed by atoms with van der Waals surface area (Å²) in [6.45, 7) is 6.53. The average molecular weight is 275 g/mol. The van der Waals surface area contributed by atoms with Crippen molar-refractivity contribution < 1.29 is 5.11 Å². The van der Waals surface area contributed by atoms with Crippen molar-refractivity contribution in [2.75, 3.05) is 0 Å². The van der Waals surface area contributed by atoms with Crippen LogP contribution in [0.15, 0.2) is 48.5 Å². The zero-order chi connectivity index (χ0) is 14.0. The number of hydrogen-bond donors (Lipinski definition) is 1. The van der Waals surface area contributed by atoms with Crippen molar-refractivity contribution in [1.29, 1.82) is 0 Å². The Morgan fingerprint density at radius 1 is 0.947 bits per heavy atom. The second kappa shape index (κ2) is 5.36. The predicted molar refractivity (Wildman–Crippen MR) is 80.7 cm³/mol. The molecule has 0 aromatic heterocycles. The van der Waals surface area contributed by atoms with E-state index < -0.39 is 6.10 Å². The molecule has 0 fully saturated rings. The summed E-state index contributed by atoms with van der Waals surface area (Å²) in [5, 5.41) is 11.0. The molecule has 0 radical (unpaired) electrons. The maximum Gasteiger partial charge on any atom is 0.104 e. The van der Waals surface area contributed by atoms with Gasteiger partial charge in [0, 0.05) is 5.02 Å². The van der Waals surface area contributed by atoms with Crippen LogP contribution in [0.1, 0.15) is 43.6 Å². The van der Waals surface area contributed by atoms with Crippen LogP contribution in [-0.4, -0.2) is 5.11 Å². The van der Waals surface area contributed by atoms with Gasteiger partial charge in [0.05, 0.1) is 0 Å². The topological polar surface area (TPSA) is 20.2 Å². The first-order chi connectivity index (χ1) is 8.88. The molecule has 0 spiro atoms. The number of benzene rings is 2. The monoisotopic (exact) mass is 274 g/mol. The molecule has 1 N–H and O–H groups in total. The lowest BCUT2D eigenvalue weighted by Crippen LogP contribution is -2.11. The highest BCUT2D eigenvalue weighted by molar-refractivity contribution is 6.30. The smallest absolute Gasteiger partial charge is 0.104 e. The summed E-state index contributed by atoms with van der Waals surface area (Å²) in [7, 11) is 0. The van der Waals surface area contributed by atoms with Gasteiger partial charge in [0.1, 0.15) is 6.10 Å². The summed E-state index contributed by atoms with van der Waals surface area (Å²) < 4.78 is 0. The van der Waals surface area contributed by atoms with Gasteiger partial charge in [-0.25, -0.2) is 0 Å². The van der Waals surface area contributed by atoms with Crippen LogP contribution >= 0.6 is 11.6 Å². The number of aliphatic hydroxyl groups excluding tert-OH is 1. The van der Waals surface area contributed by atoms with Gasteiger partial charge >= 0.3 is 0 Å². The molecule has 0 bridgehead atoms. The second-order valence-corrected chi connectivity index (χ2v) is 6.27. The summed E-state index contributed by atoms with van der Waals surface area (Å²) in [4.78, 5) is 0. The highest BCUT2D eigenvalue weighted by Crippen LogP contribution is 2.27. The Morgan fingerprint density at radius 3 is 2.11 bits per heavy atom. The van der Waals surface area contributed by atoms with E-state index in [2.05, 4.69) is 32.9 Å². The summed E-state index contributed by atoms with van der Waals surface area (Å²) in [5.41, 5.74) is 3.08. The second-order valence-electron chi connectivity index (χ2n) is 5.83. The van der Waals surface area contributed by atoms with Crippen LogP contribution < -0.4 is 0 Å². The van der Waals surface area contributed by atoms with E-state index in [9.17, 15) is 5.11 Å². The molecule has 0 aliphatic heterocycles. The van der Waals surface area contributed by atoms with Crippen molar-refractivity contribution in [3.63, 3.8) is 0 Å². The molecule has 100 valence electrons. The highest BCUT2D eigenvalue weighted by Gasteiger charge is 2.15. The normalized spacial score (nSPS) is 13.3. The van der Waals surface area contributed by atoms with Gasteiger partial charge in [-0.1, -0.05) is 68.8 Å². The fraction of sp³-hybridized carbons (Fsp3) is 0.294. The van der Waals surface area contributed by atoms with E-state index >= 15 is 0 Å². The van der Waals surface area contributed by atoms with Crippen LogP contribution in [0.3, 0.4) is 0 Å². The van der Waals surface area contributed by atoms with Crippen LogP contribution in [0.2, 0.25) is 5.02 Å². The van der Waals surface area contributed by atoms with Crippen LogP contribution in [0.25, 0.3) is 0 Å². The Labute approximate surface area is 119 Å². The summed E-state index contributed by atoms with van der Waals surface area (Å²) in [5.74, 6) is 0. The third-order valence-electron chi connectivity index (χ3n) is 3.26. The molecule has 19 heavy (non-hydrogen) atoms. The first-order valence-electron chi connectivity index (χ1n) is 6.42. The van der Waals surface area contributed by atoms with Crippen molar-refractivity contribution in [3.05, 3.63) is 70.2 Å². The minimum atomic E-state index is -0.632.